The number of aromatic nitrogens is 2. The molecule has 1 aromatic heterocycles. The quantitative estimate of drug-likeness (QED) is 0.819. The van der Waals surface area contributed by atoms with Gasteiger partial charge in [-0.05, 0) is 39.5 Å². The number of nitrogens with zero attached hydrogens (tertiary/aromatic N) is 2. The Kier molecular flexibility index (Phi) is 4.76. The summed E-state index contributed by atoms with van der Waals surface area (Å²) in [6.07, 6.45) is 10.0. The van der Waals surface area contributed by atoms with Crippen molar-refractivity contribution in [3.8, 4) is 0 Å². The predicted molar refractivity (Wildman–Crippen MR) is 89.6 cm³/mol. The van der Waals surface area contributed by atoms with Crippen LogP contribution in [-0.2, 0) is 0 Å². The summed E-state index contributed by atoms with van der Waals surface area (Å²) >= 11 is 0. The first-order chi connectivity index (χ1) is 11.0. The Morgan fingerprint density at radius 2 is 2.00 bits per heavy atom. The van der Waals surface area contributed by atoms with E-state index in [1.165, 1.54) is 12.8 Å². The Morgan fingerprint density at radius 1 is 1.35 bits per heavy atom. The van der Waals surface area contributed by atoms with E-state index in [2.05, 4.69) is 24.3 Å². The van der Waals surface area contributed by atoms with Crippen LogP contribution in [0, 0.1) is 0 Å². The van der Waals surface area contributed by atoms with Crippen LogP contribution in [0.15, 0.2) is 6.20 Å². The Balaban J connectivity index is 1.68. The number of nitrogens with one attached hydrogen (secondary N) is 1. The lowest BCUT2D eigenvalue weighted by atomic mass is 9.94. The van der Waals surface area contributed by atoms with E-state index in [1.54, 1.807) is 6.20 Å². The summed E-state index contributed by atoms with van der Waals surface area (Å²) in [4.78, 5) is 12.6. The summed E-state index contributed by atoms with van der Waals surface area (Å²) in [5, 5.41) is 18.1. The molecule has 2 N–H and O–H groups in total. The van der Waals surface area contributed by atoms with E-state index < -0.39 is 5.60 Å². The molecule has 0 bridgehead atoms. The van der Waals surface area contributed by atoms with Crippen LogP contribution in [0.1, 0.15) is 93.2 Å². The monoisotopic (exact) mass is 319 g/mol. The number of hydrogen-bond donors (Lipinski definition) is 2. The lowest BCUT2D eigenvalue weighted by Gasteiger charge is -2.26. The Labute approximate surface area is 138 Å². The molecule has 1 heterocycles. The van der Waals surface area contributed by atoms with Crippen molar-refractivity contribution in [1.82, 2.24) is 15.1 Å². The van der Waals surface area contributed by atoms with Crippen LogP contribution in [0.25, 0.3) is 0 Å². The molecule has 5 nitrogen and oxygen atoms in total. The van der Waals surface area contributed by atoms with Gasteiger partial charge in [-0.15, -0.1) is 0 Å². The molecule has 0 spiro atoms. The average Bonchev–Trinajstić information content (AvgIpc) is 3.29. The molecule has 1 amide bonds. The third-order valence-corrected chi connectivity index (χ3v) is 5.14. The molecule has 5 heteroatoms. The molecule has 0 atom stereocenters. The van der Waals surface area contributed by atoms with Crippen LogP contribution in [0.3, 0.4) is 0 Å². The van der Waals surface area contributed by atoms with Crippen molar-refractivity contribution >= 4 is 5.91 Å². The van der Waals surface area contributed by atoms with E-state index in [0.717, 1.165) is 44.2 Å². The van der Waals surface area contributed by atoms with Crippen molar-refractivity contribution in [3.05, 3.63) is 17.5 Å². The second-order valence-electron chi connectivity index (χ2n) is 7.58. The number of rotatable bonds is 5. The Morgan fingerprint density at radius 3 is 2.57 bits per heavy atom. The first-order valence-electron chi connectivity index (χ1n) is 9.08. The van der Waals surface area contributed by atoms with Crippen molar-refractivity contribution in [2.75, 3.05) is 6.54 Å². The first kappa shape index (κ1) is 16.5. The highest BCUT2D eigenvalue weighted by Gasteiger charge is 2.34. The van der Waals surface area contributed by atoms with Crippen LogP contribution in [-0.4, -0.2) is 32.9 Å². The summed E-state index contributed by atoms with van der Waals surface area (Å²) in [5.41, 5.74) is 1.03. The highest BCUT2D eigenvalue weighted by molar-refractivity contribution is 5.95. The van der Waals surface area contributed by atoms with Gasteiger partial charge in [0.1, 0.15) is 0 Å². The maximum absolute atomic E-state index is 12.6. The summed E-state index contributed by atoms with van der Waals surface area (Å²) < 4.78 is 1.98. The molecule has 1 aromatic rings. The maximum Gasteiger partial charge on any atom is 0.254 e. The van der Waals surface area contributed by atoms with Gasteiger partial charge in [-0.2, -0.15) is 5.10 Å². The first-order valence-corrected chi connectivity index (χ1v) is 9.08. The van der Waals surface area contributed by atoms with Gasteiger partial charge in [-0.1, -0.05) is 25.7 Å². The second-order valence-corrected chi connectivity index (χ2v) is 7.58. The highest BCUT2D eigenvalue weighted by atomic mass is 16.3. The number of carbonyl (C=O) groups is 1. The number of aliphatic hydroxyl groups is 1. The fourth-order valence-corrected chi connectivity index (χ4v) is 3.63. The molecule has 0 aliphatic heterocycles. The van der Waals surface area contributed by atoms with E-state index >= 15 is 0 Å². The Bertz CT molecular complexity index is 553. The van der Waals surface area contributed by atoms with E-state index in [1.807, 2.05) is 4.68 Å². The van der Waals surface area contributed by atoms with Crippen LogP contribution < -0.4 is 5.32 Å². The molecule has 0 saturated heterocycles. The van der Waals surface area contributed by atoms with Crippen LogP contribution in [0.5, 0.6) is 0 Å². The number of amides is 1. The second kappa shape index (κ2) is 6.63. The van der Waals surface area contributed by atoms with E-state index in [-0.39, 0.29) is 11.9 Å². The van der Waals surface area contributed by atoms with Gasteiger partial charge in [0.05, 0.1) is 23.1 Å². The van der Waals surface area contributed by atoms with Crippen molar-refractivity contribution < 1.29 is 9.90 Å². The van der Waals surface area contributed by atoms with Gasteiger partial charge in [0.15, 0.2) is 0 Å². The van der Waals surface area contributed by atoms with Crippen LogP contribution >= 0.6 is 0 Å². The van der Waals surface area contributed by atoms with Gasteiger partial charge in [-0.3, -0.25) is 9.48 Å². The van der Waals surface area contributed by atoms with Crippen molar-refractivity contribution in [1.29, 1.82) is 0 Å². The Hall–Kier alpha value is -1.36. The SMILES string of the molecule is CC(C)n1ncc(C(=O)NCC2(O)CCCCCC2)c1C1CC1. The topological polar surface area (TPSA) is 67.2 Å². The summed E-state index contributed by atoms with van der Waals surface area (Å²) in [6.45, 7) is 4.53. The minimum Gasteiger partial charge on any atom is -0.388 e. The minimum absolute atomic E-state index is 0.0866. The van der Waals surface area contributed by atoms with Gasteiger partial charge in [0.2, 0.25) is 0 Å². The van der Waals surface area contributed by atoms with Crippen molar-refractivity contribution in [2.24, 2.45) is 0 Å². The van der Waals surface area contributed by atoms with Gasteiger partial charge in [0, 0.05) is 18.5 Å². The number of carbonyl (C=O) groups excluding carboxylic acids is 1. The van der Waals surface area contributed by atoms with Crippen LogP contribution in [0.4, 0.5) is 0 Å². The minimum atomic E-state index is -0.736. The third kappa shape index (κ3) is 3.77. The zero-order valence-electron chi connectivity index (χ0n) is 14.3. The number of hydrogen-bond acceptors (Lipinski definition) is 3. The van der Waals surface area contributed by atoms with E-state index in [9.17, 15) is 9.90 Å². The van der Waals surface area contributed by atoms with E-state index in [0.29, 0.717) is 18.0 Å². The molecule has 0 aromatic carbocycles. The maximum atomic E-state index is 12.6. The fraction of sp³-hybridized carbons (Fsp3) is 0.778. The van der Waals surface area contributed by atoms with Gasteiger partial charge in [-0.25, -0.2) is 0 Å². The zero-order chi connectivity index (χ0) is 16.4. The van der Waals surface area contributed by atoms with Crippen molar-refractivity contribution in [3.63, 3.8) is 0 Å². The van der Waals surface area contributed by atoms with E-state index in [4.69, 9.17) is 0 Å². The molecule has 2 saturated carbocycles. The molecular formula is C18H29N3O2. The molecule has 128 valence electrons. The summed E-state index contributed by atoms with van der Waals surface area (Å²) in [7, 11) is 0. The summed E-state index contributed by atoms with van der Waals surface area (Å²) in [6, 6.07) is 0.262. The molecular weight excluding hydrogens is 290 g/mol. The molecule has 2 aliphatic rings. The highest BCUT2D eigenvalue weighted by Crippen LogP contribution is 2.42. The predicted octanol–water partition coefficient (Wildman–Crippen LogP) is 3.16. The standard InChI is InChI=1S/C18H29N3O2/c1-13(2)21-16(14-7-8-14)15(11-20-21)17(22)19-12-18(23)9-5-3-4-6-10-18/h11,13-14,23H,3-10,12H2,1-2H3,(H,19,22). The van der Waals surface area contributed by atoms with Gasteiger partial charge in [0.25, 0.3) is 5.91 Å². The van der Waals surface area contributed by atoms with Gasteiger partial charge >= 0.3 is 0 Å². The molecule has 2 aliphatic carbocycles. The molecule has 0 radical (unpaired) electrons. The lowest BCUT2D eigenvalue weighted by Crippen LogP contribution is -2.42. The smallest absolute Gasteiger partial charge is 0.254 e. The third-order valence-electron chi connectivity index (χ3n) is 5.14. The lowest BCUT2D eigenvalue weighted by molar-refractivity contribution is 0.0246. The molecule has 2 fully saturated rings. The van der Waals surface area contributed by atoms with Crippen LogP contribution in [0.2, 0.25) is 0 Å². The molecule has 0 unspecified atom stereocenters. The van der Waals surface area contributed by atoms with Crippen molar-refractivity contribution in [2.45, 2.75) is 82.8 Å². The van der Waals surface area contributed by atoms with Gasteiger partial charge < -0.3 is 10.4 Å². The average molecular weight is 319 g/mol. The zero-order valence-corrected chi connectivity index (χ0v) is 14.3. The normalized spacial score (nSPS) is 21.2. The largest absolute Gasteiger partial charge is 0.388 e. The molecule has 3 rings (SSSR count). The molecule has 23 heavy (non-hydrogen) atoms. The fourth-order valence-electron chi connectivity index (χ4n) is 3.63. The summed E-state index contributed by atoms with van der Waals surface area (Å²) in [5.74, 6) is 0.387.